The molecule has 14 heteroatoms. The van der Waals surface area contributed by atoms with Gasteiger partial charge >= 0.3 is 0 Å². The fourth-order valence-corrected chi connectivity index (χ4v) is 16.7. The van der Waals surface area contributed by atoms with Crippen LogP contribution in [0.25, 0.3) is 67.1 Å². The van der Waals surface area contributed by atoms with Crippen molar-refractivity contribution in [1.82, 2.24) is 49.5 Å². The molecule has 16 aromatic rings. The predicted molar refractivity (Wildman–Crippen MR) is 357 cm³/mol. The van der Waals surface area contributed by atoms with Crippen molar-refractivity contribution >= 4 is 22.6 Å². The molecule has 6 heterocycles. The van der Waals surface area contributed by atoms with Gasteiger partial charge in [0.05, 0.1) is 10.8 Å². The summed E-state index contributed by atoms with van der Waals surface area (Å²) < 4.78 is 8.20. The SMILES string of the molecule is C[n+]1[c-]n(C2(c3[c-]c(C4(c5cc[n-]n5)c5ccccc5-c5ccccc54)ccc3)c3ccccc3-c3ccccc32)c2nccnc21.C[n+]1[c-]n(C2(c3[c-]c(C4(c5cc[n-]n5)c5ccccc5-c5ccccc54)ccc3)c3ccccc3-c3ccccc32)c2nccnc21.[Pt].[Pt]. The molecule has 0 unspecified atom stereocenters. The second-order valence-corrected chi connectivity index (χ2v) is 24.5. The molecule has 20 rings (SSSR count). The molecule has 4 aliphatic rings. The molecule has 0 saturated heterocycles. The molecule has 4 aliphatic carbocycles. The normalized spacial score (nSPS) is 14.5. The minimum Gasteiger partial charge on any atom is -0.581 e. The molecule has 0 amide bonds. The molecular formula is C82H52N12Pt2-4. The monoisotopic (exact) mass is 1590 g/mol. The maximum atomic E-state index is 4.89. The van der Waals surface area contributed by atoms with Gasteiger partial charge in [-0.2, -0.15) is 70.9 Å². The Bertz CT molecular complexity index is 5200. The molecule has 6 aromatic heterocycles. The summed E-state index contributed by atoms with van der Waals surface area (Å²) in [6.07, 6.45) is 17.8. The molecular weight excluding hydrogens is 1540 g/mol. The van der Waals surface area contributed by atoms with Gasteiger partial charge in [-0.25, -0.2) is 0 Å². The summed E-state index contributed by atoms with van der Waals surface area (Å²) in [5.41, 5.74) is 24.4. The van der Waals surface area contributed by atoms with E-state index in [9.17, 15) is 0 Å². The summed E-state index contributed by atoms with van der Waals surface area (Å²) in [6, 6.07) is 94.6. The number of nitrogens with zero attached hydrogens (tertiary/aromatic N) is 12. The van der Waals surface area contributed by atoms with Crippen molar-refractivity contribution in [2.75, 3.05) is 0 Å². The minimum absolute atomic E-state index is 0. The largest absolute Gasteiger partial charge is 0.581 e. The first-order valence-corrected chi connectivity index (χ1v) is 31.4. The molecule has 0 radical (unpaired) electrons. The first-order valence-electron chi connectivity index (χ1n) is 31.4. The van der Waals surface area contributed by atoms with Crippen LogP contribution in [0.4, 0.5) is 0 Å². The minimum atomic E-state index is -0.838. The fourth-order valence-electron chi connectivity index (χ4n) is 16.7. The number of rotatable bonds is 8. The van der Waals surface area contributed by atoms with Crippen molar-refractivity contribution in [2.24, 2.45) is 14.1 Å². The maximum absolute atomic E-state index is 4.89. The Labute approximate surface area is 582 Å². The van der Waals surface area contributed by atoms with Crippen molar-refractivity contribution in [3.63, 3.8) is 0 Å². The standard InChI is InChI=1S/2C41H26N6.2Pt/c2*1-46-26-47(39-38(46)42-23-24-43-39)41(35-19-8-4-15-31(35)32-16-5-9-20-36(32)41)28-12-10-11-27(25-28)40(37-21-22-44-45-37)33-17-6-2-13-29(33)30-14-3-7-18-34(30)40;;/h2*2-24H,1H3;;/q2*-2;;. The van der Waals surface area contributed by atoms with Crippen LogP contribution in [-0.2, 0) is 78.1 Å². The third-order valence-electron chi connectivity index (χ3n) is 20.2. The fraction of sp³-hybridized carbons (Fsp3) is 0.0732. The zero-order chi connectivity index (χ0) is 62.3. The number of fused-ring (bicyclic) bond motifs is 14. The van der Waals surface area contributed by atoms with Crippen LogP contribution < -0.4 is 19.3 Å². The molecule has 96 heavy (non-hydrogen) atoms. The average molecular weight is 1600 g/mol. The summed E-state index contributed by atoms with van der Waals surface area (Å²) in [4.78, 5) is 19.2. The van der Waals surface area contributed by atoms with Gasteiger partial charge in [-0.1, -0.05) is 206 Å². The number of imidazole rings is 2. The topological polar surface area (TPSA) is 123 Å². The van der Waals surface area contributed by atoms with E-state index in [0.717, 1.165) is 78.5 Å². The van der Waals surface area contributed by atoms with Crippen LogP contribution in [0.1, 0.15) is 78.1 Å². The van der Waals surface area contributed by atoms with E-state index in [2.05, 4.69) is 275 Å². The first-order chi connectivity index (χ1) is 46.5. The molecule has 464 valence electrons. The molecule has 0 fully saturated rings. The van der Waals surface area contributed by atoms with E-state index >= 15 is 0 Å². The Morgan fingerprint density at radius 2 is 0.583 bits per heavy atom. The molecule has 12 nitrogen and oxygen atoms in total. The Morgan fingerprint density at radius 3 is 0.885 bits per heavy atom. The quantitative estimate of drug-likeness (QED) is 0.109. The average Bonchev–Trinajstić information content (AvgIpc) is 1.53. The molecule has 0 saturated carbocycles. The summed E-state index contributed by atoms with van der Waals surface area (Å²) >= 11 is 0. The number of hydrogen-bond donors (Lipinski definition) is 0. The van der Waals surface area contributed by atoms with Crippen molar-refractivity contribution in [2.45, 2.75) is 21.9 Å². The zero-order valence-corrected chi connectivity index (χ0v) is 56.1. The van der Waals surface area contributed by atoms with Crippen LogP contribution in [0.5, 0.6) is 0 Å². The molecule has 0 aliphatic heterocycles. The van der Waals surface area contributed by atoms with E-state index in [1.165, 1.54) is 66.8 Å². The second-order valence-electron chi connectivity index (χ2n) is 24.5. The molecule has 0 N–H and O–H groups in total. The number of benzene rings is 10. The van der Waals surface area contributed by atoms with Crippen LogP contribution in [-0.4, -0.2) is 39.3 Å². The van der Waals surface area contributed by atoms with Crippen molar-refractivity contribution in [1.29, 1.82) is 0 Å². The van der Waals surface area contributed by atoms with Crippen molar-refractivity contribution < 1.29 is 51.3 Å². The van der Waals surface area contributed by atoms with Gasteiger partial charge in [-0.05, 0) is 66.8 Å². The molecule has 0 bridgehead atoms. The van der Waals surface area contributed by atoms with E-state index in [-0.39, 0.29) is 42.1 Å². The first kappa shape index (κ1) is 58.9. The van der Waals surface area contributed by atoms with Crippen LogP contribution in [0.2, 0.25) is 0 Å². The Kier molecular flexibility index (Phi) is 13.7. The van der Waals surface area contributed by atoms with Gasteiger partial charge in [0, 0.05) is 102 Å². The Balaban J connectivity index is 0.000000142. The van der Waals surface area contributed by atoms with Gasteiger partial charge in [0.2, 0.25) is 0 Å². The number of aryl methyl sites for hydroxylation is 2. The van der Waals surface area contributed by atoms with E-state index in [4.69, 9.17) is 30.1 Å². The second kappa shape index (κ2) is 22.4. The van der Waals surface area contributed by atoms with Gasteiger partial charge in [0.15, 0.2) is 11.3 Å². The van der Waals surface area contributed by atoms with E-state index in [1.54, 1.807) is 37.2 Å². The summed E-state index contributed by atoms with van der Waals surface area (Å²) in [5.74, 6) is 0. The third-order valence-corrected chi connectivity index (χ3v) is 20.2. The van der Waals surface area contributed by atoms with Gasteiger partial charge in [0.1, 0.15) is 47.4 Å². The van der Waals surface area contributed by atoms with E-state index in [1.807, 2.05) is 35.4 Å². The van der Waals surface area contributed by atoms with Crippen LogP contribution in [0.15, 0.2) is 280 Å². The number of hydrogen-bond acceptors (Lipinski definition) is 6. The molecule has 0 spiro atoms. The summed E-state index contributed by atoms with van der Waals surface area (Å²) in [5, 5.41) is 18.2. The summed E-state index contributed by atoms with van der Waals surface area (Å²) in [7, 11) is 3.95. The summed E-state index contributed by atoms with van der Waals surface area (Å²) in [6.45, 7) is 0. The van der Waals surface area contributed by atoms with Crippen LogP contribution in [0, 0.1) is 24.8 Å². The Hall–Kier alpha value is -10.9. The van der Waals surface area contributed by atoms with E-state index in [0.29, 0.717) is 0 Å². The van der Waals surface area contributed by atoms with Crippen LogP contribution in [0.3, 0.4) is 0 Å². The molecule has 0 atom stereocenters. The zero-order valence-electron chi connectivity index (χ0n) is 51.6. The Morgan fingerprint density at radius 1 is 0.312 bits per heavy atom. The number of aromatic nitrogens is 12. The van der Waals surface area contributed by atoms with Crippen molar-refractivity contribution in [3.05, 3.63) is 383 Å². The maximum Gasteiger partial charge on any atom is 0.166 e. The predicted octanol–water partition coefficient (Wildman–Crippen LogP) is 12.8. The van der Waals surface area contributed by atoms with Gasteiger partial charge in [-0.15, -0.1) is 22.3 Å². The van der Waals surface area contributed by atoms with Crippen molar-refractivity contribution in [3.8, 4) is 44.5 Å². The van der Waals surface area contributed by atoms with E-state index < -0.39 is 21.9 Å². The smallest absolute Gasteiger partial charge is 0.166 e. The molecule has 10 aromatic carbocycles. The van der Waals surface area contributed by atoms with Crippen LogP contribution >= 0.6 is 0 Å². The van der Waals surface area contributed by atoms with Gasteiger partial charge < -0.3 is 38.7 Å². The van der Waals surface area contributed by atoms with Gasteiger partial charge in [-0.3, -0.25) is 9.97 Å². The third kappa shape index (κ3) is 7.73. The van der Waals surface area contributed by atoms with Gasteiger partial charge in [0.25, 0.3) is 0 Å².